The molecule has 1 spiro atoms. The maximum atomic E-state index is 12.2. The van der Waals surface area contributed by atoms with Gasteiger partial charge in [0, 0.05) is 12.1 Å². The third-order valence-electron chi connectivity index (χ3n) is 6.36. The number of ether oxygens (including phenoxy) is 1. The van der Waals surface area contributed by atoms with Crippen molar-refractivity contribution in [2.24, 2.45) is 11.8 Å². The number of piperazine rings is 1. The van der Waals surface area contributed by atoms with Gasteiger partial charge in [-0.2, -0.15) is 0 Å². The number of nitrogens with zero attached hydrogens (tertiary/aromatic N) is 2. The molecule has 2 saturated heterocycles. The van der Waals surface area contributed by atoms with Crippen LogP contribution in [0.4, 0.5) is 5.69 Å². The van der Waals surface area contributed by atoms with E-state index in [0.717, 1.165) is 56.6 Å². The molecule has 2 aliphatic rings. The molecule has 3 rings (SSSR count). The summed E-state index contributed by atoms with van der Waals surface area (Å²) in [6, 6.07) is 8.76. The fourth-order valence-electron chi connectivity index (χ4n) is 4.83. The molecule has 2 atom stereocenters. The first-order valence-electron chi connectivity index (χ1n) is 10.2. The van der Waals surface area contributed by atoms with E-state index >= 15 is 0 Å². The lowest BCUT2D eigenvalue weighted by Crippen LogP contribution is -2.66. The Bertz CT molecular complexity index is 647. The number of aryl methyl sites for hydroxylation is 1. The summed E-state index contributed by atoms with van der Waals surface area (Å²) in [5, 5.41) is 0. The van der Waals surface area contributed by atoms with Crippen LogP contribution in [0.3, 0.4) is 0 Å². The summed E-state index contributed by atoms with van der Waals surface area (Å²) in [5.74, 6) is 0.707. The van der Waals surface area contributed by atoms with E-state index in [1.807, 2.05) is 0 Å². The van der Waals surface area contributed by atoms with Crippen molar-refractivity contribution in [3.8, 4) is 0 Å². The first kappa shape index (κ1) is 19.9. The Labute approximate surface area is 162 Å². The minimum Gasteiger partial charge on any atom is -0.469 e. The Balaban J connectivity index is 1.52. The SMILES string of the molecule is COC(=O)CCCc1ccc(N2CC[N+]3(CC2)CC(C)C(=O)C(C)C3)cc1. The fourth-order valence-corrected chi connectivity index (χ4v) is 4.83. The van der Waals surface area contributed by atoms with Crippen molar-refractivity contribution < 1.29 is 18.8 Å². The lowest BCUT2D eigenvalue weighted by atomic mass is 9.87. The van der Waals surface area contributed by atoms with Crippen molar-refractivity contribution in [1.29, 1.82) is 0 Å². The third-order valence-corrected chi connectivity index (χ3v) is 6.36. The van der Waals surface area contributed by atoms with E-state index in [2.05, 4.69) is 47.7 Å². The van der Waals surface area contributed by atoms with Gasteiger partial charge >= 0.3 is 5.97 Å². The van der Waals surface area contributed by atoms with Gasteiger partial charge in [0.15, 0.2) is 0 Å². The molecule has 0 aliphatic carbocycles. The van der Waals surface area contributed by atoms with Gasteiger partial charge in [0.25, 0.3) is 0 Å². The van der Waals surface area contributed by atoms with Gasteiger partial charge in [-0.25, -0.2) is 0 Å². The number of carbonyl (C=O) groups excluding carboxylic acids is 2. The van der Waals surface area contributed by atoms with E-state index in [1.165, 1.54) is 18.4 Å². The van der Waals surface area contributed by atoms with Gasteiger partial charge in [-0.1, -0.05) is 26.0 Å². The van der Waals surface area contributed by atoms with Crippen LogP contribution in [0.2, 0.25) is 0 Å². The molecule has 0 aromatic heterocycles. The van der Waals surface area contributed by atoms with Crippen LogP contribution >= 0.6 is 0 Å². The predicted molar refractivity (Wildman–Crippen MR) is 107 cm³/mol. The van der Waals surface area contributed by atoms with E-state index in [-0.39, 0.29) is 17.8 Å². The highest BCUT2D eigenvalue weighted by atomic mass is 16.5. The fraction of sp³-hybridized carbons (Fsp3) is 0.636. The molecule has 2 fully saturated rings. The van der Waals surface area contributed by atoms with Crippen molar-refractivity contribution in [2.75, 3.05) is 51.3 Å². The zero-order valence-electron chi connectivity index (χ0n) is 16.9. The Morgan fingerprint density at radius 2 is 1.70 bits per heavy atom. The minimum absolute atomic E-state index is 0.139. The molecule has 2 aliphatic heterocycles. The third kappa shape index (κ3) is 4.70. The minimum atomic E-state index is -0.139. The summed E-state index contributed by atoms with van der Waals surface area (Å²) < 4.78 is 5.79. The number of Topliss-reactive ketones (excluding diaryl/α,β-unsaturated/α-hetero) is 1. The number of benzene rings is 1. The second-order valence-electron chi connectivity index (χ2n) is 8.44. The molecule has 1 aromatic carbocycles. The normalized spacial score (nSPS) is 24.9. The predicted octanol–water partition coefficient (Wildman–Crippen LogP) is 2.67. The number of esters is 1. The molecule has 0 saturated carbocycles. The Morgan fingerprint density at radius 3 is 2.26 bits per heavy atom. The summed E-state index contributed by atoms with van der Waals surface area (Å²) in [7, 11) is 1.44. The quantitative estimate of drug-likeness (QED) is 0.588. The van der Waals surface area contributed by atoms with Crippen molar-refractivity contribution >= 4 is 17.4 Å². The van der Waals surface area contributed by atoms with Gasteiger partial charge in [0.05, 0.1) is 58.2 Å². The highest BCUT2D eigenvalue weighted by Gasteiger charge is 2.43. The molecule has 5 heteroatoms. The van der Waals surface area contributed by atoms with Crippen LogP contribution in [0, 0.1) is 11.8 Å². The van der Waals surface area contributed by atoms with Gasteiger partial charge in [-0.3, -0.25) is 9.59 Å². The van der Waals surface area contributed by atoms with Crippen LogP contribution in [0.25, 0.3) is 0 Å². The number of hydrogen-bond acceptors (Lipinski definition) is 4. The highest BCUT2D eigenvalue weighted by Crippen LogP contribution is 2.28. The Morgan fingerprint density at radius 1 is 1.11 bits per heavy atom. The molecule has 2 heterocycles. The number of piperidine rings is 1. The van der Waals surface area contributed by atoms with Crippen LogP contribution in [0.1, 0.15) is 32.3 Å². The monoisotopic (exact) mass is 373 g/mol. The van der Waals surface area contributed by atoms with Crippen molar-refractivity contribution in [3.05, 3.63) is 29.8 Å². The van der Waals surface area contributed by atoms with Crippen LogP contribution in [0.15, 0.2) is 24.3 Å². The number of carbonyl (C=O) groups is 2. The summed E-state index contributed by atoms with van der Waals surface area (Å²) in [6.07, 6.45) is 2.20. The number of ketones is 1. The zero-order valence-corrected chi connectivity index (χ0v) is 16.9. The molecule has 0 amide bonds. The molecular weight excluding hydrogens is 340 g/mol. The van der Waals surface area contributed by atoms with E-state index in [9.17, 15) is 9.59 Å². The van der Waals surface area contributed by atoms with Crippen LogP contribution in [-0.2, 0) is 20.7 Å². The first-order valence-corrected chi connectivity index (χ1v) is 10.2. The average molecular weight is 374 g/mol. The Kier molecular flexibility index (Phi) is 6.20. The topological polar surface area (TPSA) is 46.6 Å². The molecule has 5 nitrogen and oxygen atoms in total. The largest absolute Gasteiger partial charge is 0.469 e. The number of hydrogen-bond donors (Lipinski definition) is 0. The van der Waals surface area contributed by atoms with Gasteiger partial charge in [-0.15, -0.1) is 0 Å². The smallest absolute Gasteiger partial charge is 0.305 e. The van der Waals surface area contributed by atoms with Crippen molar-refractivity contribution in [3.63, 3.8) is 0 Å². The van der Waals surface area contributed by atoms with E-state index in [1.54, 1.807) is 0 Å². The second kappa shape index (κ2) is 8.42. The summed E-state index contributed by atoms with van der Waals surface area (Å²) in [6.45, 7) is 10.6. The maximum Gasteiger partial charge on any atom is 0.305 e. The van der Waals surface area contributed by atoms with Crippen LogP contribution in [-0.4, -0.2) is 62.6 Å². The number of methoxy groups -OCH3 is 1. The van der Waals surface area contributed by atoms with Gasteiger partial charge < -0.3 is 14.1 Å². The molecular formula is C22H33N2O3+. The van der Waals surface area contributed by atoms with Crippen LogP contribution < -0.4 is 4.90 Å². The lowest BCUT2D eigenvalue weighted by molar-refractivity contribution is -0.935. The number of anilines is 1. The second-order valence-corrected chi connectivity index (χ2v) is 8.44. The molecule has 1 aromatic rings. The number of rotatable bonds is 5. The zero-order chi connectivity index (χ0) is 19.4. The van der Waals surface area contributed by atoms with Crippen molar-refractivity contribution in [2.45, 2.75) is 33.1 Å². The summed E-state index contributed by atoms with van der Waals surface area (Å²) in [4.78, 5) is 25.8. The first-order chi connectivity index (χ1) is 12.9. The lowest BCUT2D eigenvalue weighted by Gasteiger charge is -2.50. The van der Waals surface area contributed by atoms with E-state index in [0.29, 0.717) is 12.2 Å². The van der Waals surface area contributed by atoms with Crippen LogP contribution in [0.5, 0.6) is 0 Å². The molecule has 0 radical (unpaired) electrons. The van der Waals surface area contributed by atoms with Gasteiger partial charge in [0.1, 0.15) is 5.78 Å². The van der Waals surface area contributed by atoms with E-state index < -0.39 is 0 Å². The summed E-state index contributed by atoms with van der Waals surface area (Å²) in [5.41, 5.74) is 2.54. The van der Waals surface area contributed by atoms with Crippen molar-refractivity contribution in [1.82, 2.24) is 0 Å². The summed E-state index contributed by atoms with van der Waals surface area (Å²) >= 11 is 0. The molecule has 27 heavy (non-hydrogen) atoms. The molecule has 0 bridgehead atoms. The van der Waals surface area contributed by atoms with E-state index in [4.69, 9.17) is 0 Å². The highest BCUT2D eigenvalue weighted by molar-refractivity contribution is 5.83. The maximum absolute atomic E-state index is 12.2. The molecule has 0 N–H and O–H groups in total. The van der Waals surface area contributed by atoms with Gasteiger partial charge in [0.2, 0.25) is 0 Å². The standard InChI is InChI=1S/C22H33N2O3/c1-17-15-24(16-18(2)22(17)26)13-11-23(12-14-24)20-9-7-19(8-10-20)5-4-6-21(25)27-3/h7-10,17-18H,4-6,11-16H2,1-3H3/q+1. The molecule has 148 valence electrons. The average Bonchev–Trinajstić information content (AvgIpc) is 2.67. The molecule has 2 unspecified atom stereocenters. The van der Waals surface area contributed by atoms with Gasteiger partial charge in [-0.05, 0) is 30.5 Å². The number of quaternary nitrogens is 1. The Hall–Kier alpha value is -1.88.